The Labute approximate surface area is 190 Å². The first-order chi connectivity index (χ1) is 14.9. The molecule has 7 heteroatoms. The van der Waals surface area contributed by atoms with E-state index in [1.54, 1.807) is 6.08 Å². The van der Waals surface area contributed by atoms with Gasteiger partial charge in [0, 0.05) is 17.1 Å². The van der Waals surface area contributed by atoms with Gasteiger partial charge >= 0.3 is 5.97 Å². The molecule has 0 radical (unpaired) electrons. The van der Waals surface area contributed by atoms with Crippen LogP contribution in [-0.4, -0.2) is 57.2 Å². The second-order valence-corrected chi connectivity index (χ2v) is 10.6. The number of carbonyl (C=O) groups excluding carboxylic acids is 1. The van der Waals surface area contributed by atoms with E-state index in [-0.39, 0.29) is 31.7 Å². The van der Waals surface area contributed by atoms with Gasteiger partial charge in [0.1, 0.15) is 19.3 Å². The number of aryl methyl sites for hydroxylation is 1. The van der Waals surface area contributed by atoms with Crippen molar-refractivity contribution < 1.29 is 33.6 Å². The maximum Gasteiger partial charge on any atom is 0.330 e. The highest BCUT2D eigenvalue weighted by molar-refractivity contribution is 5.87. The van der Waals surface area contributed by atoms with Crippen LogP contribution in [0.15, 0.2) is 18.2 Å². The maximum atomic E-state index is 12.5. The SMILES string of the molecule is Cc1cc(/C=C/C(=O)OCC(C)(C)C2OCOCC23COCOC3)cc(C(C)(C)C)c1O. The quantitative estimate of drug-likeness (QED) is 0.539. The molecule has 0 aliphatic carbocycles. The fourth-order valence-electron chi connectivity index (χ4n) is 4.51. The van der Waals surface area contributed by atoms with Crippen LogP contribution in [0.3, 0.4) is 0 Å². The van der Waals surface area contributed by atoms with E-state index in [0.717, 1.165) is 16.7 Å². The molecule has 1 aromatic carbocycles. The van der Waals surface area contributed by atoms with E-state index in [1.165, 1.54) is 6.08 Å². The highest BCUT2D eigenvalue weighted by atomic mass is 16.7. The Balaban J connectivity index is 1.66. The van der Waals surface area contributed by atoms with Gasteiger partial charge in [-0.25, -0.2) is 4.79 Å². The van der Waals surface area contributed by atoms with Gasteiger partial charge in [-0.05, 0) is 41.7 Å². The molecule has 1 unspecified atom stereocenters. The molecule has 0 amide bonds. The number of hydrogen-bond donors (Lipinski definition) is 1. The summed E-state index contributed by atoms with van der Waals surface area (Å²) in [7, 11) is 0. The number of carbonyl (C=O) groups is 1. The summed E-state index contributed by atoms with van der Waals surface area (Å²) in [6.07, 6.45) is 2.89. The lowest BCUT2D eigenvalue weighted by atomic mass is 9.70. The fourth-order valence-corrected chi connectivity index (χ4v) is 4.51. The summed E-state index contributed by atoms with van der Waals surface area (Å²) in [5.41, 5.74) is 1.34. The molecule has 0 bridgehead atoms. The number of aromatic hydroxyl groups is 1. The van der Waals surface area contributed by atoms with Crippen molar-refractivity contribution in [3.05, 3.63) is 34.9 Å². The number of rotatable bonds is 5. The average Bonchev–Trinajstić information content (AvgIpc) is 2.73. The van der Waals surface area contributed by atoms with Gasteiger partial charge in [-0.15, -0.1) is 0 Å². The Hall–Kier alpha value is -1.93. The Morgan fingerprint density at radius 3 is 2.38 bits per heavy atom. The predicted molar refractivity (Wildman–Crippen MR) is 120 cm³/mol. The molecule has 7 nitrogen and oxygen atoms in total. The van der Waals surface area contributed by atoms with Gasteiger partial charge in [0.2, 0.25) is 0 Å². The molecular formula is C25H36O7. The van der Waals surface area contributed by atoms with Gasteiger partial charge in [-0.1, -0.05) is 34.6 Å². The normalized spacial score (nSPS) is 21.8. The predicted octanol–water partition coefficient (Wildman–Crippen LogP) is 3.94. The molecule has 2 aliphatic heterocycles. The molecule has 2 saturated heterocycles. The third-order valence-electron chi connectivity index (χ3n) is 6.05. The van der Waals surface area contributed by atoms with Gasteiger partial charge in [-0.3, -0.25) is 0 Å². The van der Waals surface area contributed by atoms with E-state index in [9.17, 15) is 9.90 Å². The van der Waals surface area contributed by atoms with Crippen molar-refractivity contribution in [3.8, 4) is 5.75 Å². The van der Waals surface area contributed by atoms with Gasteiger partial charge < -0.3 is 28.8 Å². The van der Waals surface area contributed by atoms with Gasteiger partial charge in [0.05, 0.1) is 37.9 Å². The fraction of sp³-hybridized carbons (Fsp3) is 0.640. The number of phenols is 1. The molecular weight excluding hydrogens is 412 g/mol. The highest BCUT2D eigenvalue weighted by Gasteiger charge is 2.52. The molecule has 0 aromatic heterocycles. The van der Waals surface area contributed by atoms with E-state index in [4.69, 9.17) is 23.7 Å². The zero-order chi connectivity index (χ0) is 23.6. The van der Waals surface area contributed by atoms with Crippen LogP contribution < -0.4 is 0 Å². The summed E-state index contributed by atoms with van der Waals surface area (Å²) in [6, 6.07) is 3.75. The highest BCUT2D eigenvalue weighted by Crippen LogP contribution is 2.42. The average molecular weight is 449 g/mol. The minimum atomic E-state index is -0.466. The largest absolute Gasteiger partial charge is 0.507 e. The van der Waals surface area contributed by atoms with E-state index in [1.807, 2.05) is 53.7 Å². The first-order valence-corrected chi connectivity index (χ1v) is 11.0. The number of esters is 1. The van der Waals surface area contributed by atoms with Crippen LogP contribution in [0.1, 0.15) is 51.3 Å². The van der Waals surface area contributed by atoms with Crippen LogP contribution in [0.4, 0.5) is 0 Å². The van der Waals surface area contributed by atoms with Gasteiger partial charge in [-0.2, -0.15) is 0 Å². The zero-order valence-corrected chi connectivity index (χ0v) is 20.0. The summed E-state index contributed by atoms with van der Waals surface area (Å²) in [4.78, 5) is 12.5. The van der Waals surface area contributed by atoms with Crippen molar-refractivity contribution in [2.24, 2.45) is 10.8 Å². The lowest BCUT2D eigenvalue weighted by Gasteiger charge is -2.50. The first-order valence-electron chi connectivity index (χ1n) is 11.0. The molecule has 2 heterocycles. The smallest absolute Gasteiger partial charge is 0.330 e. The second-order valence-electron chi connectivity index (χ2n) is 10.6. The Bertz CT molecular complexity index is 836. The molecule has 0 saturated carbocycles. The van der Waals surface area contributed by atoms with Crippen LogP contribution >= 0.6 is 0 Å². The molecule has 2 fully saturated rings. The van der Waals surface area contributed by atoms with Crippen LogP contribution in [0.5, 0.6) is 5.75 Å². The molecule has 1 aromatic rings. The summed E-state index contributed by atoms with van der Waals surface area (Å²) in [5, 5.41) is 10.4. The number of ether oxygens (including phenoxy) is 5. The van der Waals surface area contributed by atoms with Gasteiger partial charge in [0.15, 0.2) is 0 Å². The summed E-state index contributed by atoms with van der Waals surface area (Å²) in [6.45, 7) is 14.1. The lowest BCUT2D eigenvalue weighted by molar-refractivity contribution is -0.299. The number of hydrogen-bond acceptors (Lipinski definition) is 7. The minimum absolute atomic E-state index is 0.185. The molecule has 1 atom stereocenters. The second kappa shape index (κ2) is 9.51. The summed E-state index contributed by atoms with van der Waals surface area (Å²) in [5.74, 6) is -0.140. The van der Waals surface area contributed by atoms with Crippen molar-refractivity contribution in [1.29, 1.82) is 0 Å². The Kier molecular flexibility index (Phi) is 7.34. The summed E-state index contributed by atoms with van der Waals surface area (Å²) >= 11 is 0. The molecule has 1 N–H and O–H groups in total. The van der Waals surface area contributed by atoms with Gasteiger partial charge in [0.25, 0.3) is 0 Å². The maximum absolute atomic E-state index is 12.5. The molecule has 32 heavy (non-hydrogen) atoms. The molecule has 1 spiro atoms. The molecule has 178 valence electrons. The van der Waals surface area contributed by atoms with E-state index in [2.05, 4.69) is 0 Å². The Morgan fingerprint density at radius 1 is 1.12 bits per heavy atom. The van der Waals surface area contributed by atoms with Crippen LogP contribution in [-0.2, 0) is 33.9 Å². The van der Waals surface area contributed by atoms with Crippen molar-refractivity contribution in [3.63, 3.8) is 0 Å². The van der Waals surface area contributed by atoms with E-state index in [0.29, 0.717) is 25.6 Å². The van der Waals surface area contributed by atoms with Crippen LogP contribution in [0.25, 0.3) is 6.08 Å². The topological polar surface area (TPSA) is 83.5 Å². The van der Waals surface area contributed by atoms with Crippen LogP contribution in [0, 0.1) is 17.8 Å². The van der Waals surface area contributed by atoms with E-state index < -0.39 is 16.8 Å². The van der Waals surface area contributed by atoms with Crippen molar-refractivity contribution in [1.82, 2.24) is 0 Å². The summed E-state index contributed by atoms with van der Waals surface area (Å²) < 4.78 is 28.1. The zero-order valence-electron chi connectivity index (χ0n) is 20.0. The third-order valence-corrected chi connectivity index (χ3v) is 6.05. The standard InChI is InChI=1S/C25H36O7/c1-17-9-18(10-19(21(17)27)23(2,3)4)7-8-20(26)31-11-24(5,6)22-25(14-30-16-32-22)12-28-15-29-13-25/h7-10,22,27H,11-16H2,1-6H3/b8-7+. The van der Waals surface area contributed by atoms with Crippen molar-refractivity contribution >= 4 is 12.0 Å². The third kappa shape index (κ3) is 5.52. The molecule has 2 aliphatic rings. The first kappa shape index (κ1) is 24.7. The molecule has 3 rings (SSSR count). The van der Waals surface area contributed by atoms with E-state index >= 15 is 0 Å². The monoisotopic (exact) mass is 448 g/mol. The number of benzene rings is 1. The lowest BCUT2D eigenvalue weighted by Crippen LogP contribution is -2.60. The van der Waals surface area contributed by atoms with Crippen molar-refractivity contribution in [2.45, 2.75) is 53.1 Å². The Morgan fingerprint density at radius 2 is 1.75 bits per heavy atom. The van der Waals surface area contributed by atoms with Crippen LogP contribution in [0.2, 0.25) is 0 Å². The minimum Gasteiger partial charge on any atom is -0.507 e. The van der Waals surface area contributed by atoms with Crippen molar-refractivity contribution in [2.75, 3.05) is 40.0 Å². The number of phenolic OH excluding ortho intramolecular Hbond substituents is 1.